The average Bonchev–Trinajstić information content (AvgIpc) is 2.71. The fraction of sp³-hybridized carbons (Fsp3) is 0.875. The molecule has 1 aromatic heterocycles. The molecule has 0 spiro atoms. The molecule has 0 atom stereocenters. The molecular formula is C8H15N5. The van der Waals surface area contributed by atoms with Gasteiger partial charge in [0, 0.05) is 13.1 Å². The van der Waals surface area contributed by atoms with Gasteiger partial charge in [-0.3, -0.25) is 0 Å². The third-order valence-corrected chi connectivity index (χ3v) is 2.74. The van der Waals surface area contributed by atoms with Crippen LogP contribution < -0.4 is 0 Å². The van der Waals surface area contributed by atoms with Gasteiger partial charge in [-0.25, -0.2) is 4.68 Å². The molecule has 1 aromatic rings. The lowest BCUT2D eigenvalue weighted by Crippen LogP contribution is -2.34. The summed E-state index contributed by atoms with van der Waals surface area (Å²) in [6.45, 7) is 5.70. The molecule has 1 aliphatic heterocycles. The maximum Gasteiger partial charge on any atom is 0.138 e. The Balaban J connectivity index is 1.92. The molecule has 0 amide bonds. The Labute approximate surface area is 77.7 Å². The number of nitrogens with zero attached hydrogens (tertiary/aromatic N) is 5. The van der Waals surface area contributed by atoms with Crippen LogP contribution in [0.15, 0.2) is 6.33 Å². The molecule has 5 nitrogen and oxygen atoms in total. The first-order valence-corrected chi connectivity index (χ1v) is 4.85. The Morgan fingerprint density at radius 1 is 1.38 bits per heavy atom. The number of tetrazole rings is 1. The van der Waals surface area contributed by atoms with Gasteiger partial charge in [0.05, 0.1) is 6.04 Å². The Bertz CT molecular complexity index is 237. The third-order valence-electron chi connectivity index (χ3n) is 2.74. The van der Waals surface area contributed by atoms with Crippen LogP contribution in [0.1, 0.15) is 25.8 Å². The summed E-state index contributed by atoms with van der Waals surface area (Å²) in [4.78, 5) is 2.46. The zero-order valence-corrected chi connectivity index (χ0v) is 7.93. The SMILES string of the molecule is CCN1CCC(n2cnnn2)CC1. The Kier molecular flexibility index (Phi) is 2.54. The highest BCUT2D eigenvalue weighted by Crippen LogP contribution is 2.20. The van der Waals surface area contributed by atoms with Gasteiger partial charge in [-0.15, -0.1) is 5.10 Å². The van der Waals surface area contributed by atoms with Crippen LogP contribution in [-0.4, -0.2) is 44.7 Å². The summed E-state index contributed by atoms with van der Waals surface area (Å²) >= 11 is 0. The number of aromatic nitrogens is 4. The number of hydrogen-bond donors (Lipinski definition) is 0. The van der Waals surface area contributed by atoms with Crippen LogP contribution in [0.4, 0.5) is 0 Å². The van der Waals surface area contributed by atoms with E-state index in [2.05, 4.69) is 27.3 Å². The minimum absolute atomic E-state index is 0.512. The largest absolute Gasteiger partial charge is 0.303 e. The zero-order chi connectivity index (χ0) is 9.10. The quantitative estimate of drug-likeness (QED) is 0.659. The van der Waals surface area contributed by atoms with Crippen LogP contribution in [0.5, 0.6) is 0 Å². The van der Waals surface area contributed by atoms with Crippen LogP contribution in [-0.2, 0) is 0 Å². The molecule has 1 fully saturated rings. The van der Waals surface area contributed by atoms with Crippen LogP contribution in [0.3, 0.4) is 0 Å². The molecule has 13 heavy (non-hydrogen) atoms. The Hall–Kier alpha value is -0.970. The topological polar surface area (TPSA) is 46.8 Å². The Morgan fingerprint density at radius 3 is 2.69 bits per heavy atom. The van der Waals surface area contributed by atoms with Crippen molar-refractivity contribution in [3.63, 3.8) is 0 Å². The van der Waals surface area contributed by atoms with E-state index >= 15 is 0 Å². The van der Waals surface area contributed by atoms with Crippen molar-refractivity contribution in [3.05, 3.63) is 6.33 Å². The molecule has 0 aromatic carbocycles. The molecule has 72 valence electrons. The number of rotatable bonds is 2. The third kappa shape index (κ3) is 1.85. The van der Waals surface area contributed by atoms with Gasteiger partial charge in [0.25, 0.3) is 0 Å². The minimum atomic E-state index is 0.512. The van der Waals surface area contributed by atoms with E-state index < -0.39 is 0 Å². The first kappa shape index (κ1) is 8.62. The van der Waals surface area contributed by atoms with Crippen LogP contribution in [0.25, 0.3) is 0 Å². The highest BCUT2D eigenvalue weighted by atomic mass is 15.5. The predicted molar refractivity (Wildman–Crippen MR) is 48.2 cm³/mol. The standard InChI is InChI=1S/C8H15N5/c1-2-12-5-3-8(4-6-12)13-7-9-10-11-13/h7-8H,2-6H2,1H3. The van der Waals surface area contributed by atoms with Gasteiger partial charge >= 0.3 is 0 Å². The second-order valence-electron chi connectivity index (χ2n) is 3.46. The van der Waals surface area contributed by atoms with E-state index in [0.717, 1.165) is 6.54 Å². The zero-order valence-electron chi connectivity index (χ0n) is 7.93. The first-order chi connectivity index (χ1) is 6.40. The summed E-state index contributed by atoms with van der Waals surface area (Å²) in [5.74, 6) is 0. The van der Waals surface area contributed by atoms with Crippen LogP contribution in [0, 0.1) is 0 Å². The van der Waals surface area contributed by atoms with E-state index in [1.165, 1.54) is 25.9 Å². The molecule has 0 radical (unpaired) electrons. The van der Waals surface area contributed by atoms with Crippen molar-refractivity contribution in [2.75, 3.05) is 19.6 Å². The van der Waals surface area contributed by atoms with Gasteiger partial charge in [-0.2, -0.15) is 0 Å². The summed E-state index contributed by atoms with van der Waals surface area (Å²) < 4.78 is 1.88. The highest BCUT2D eigenvalue weighted by molar-refractivity contribution is 4.74. The molecule has 2 rings (SSSR count). The maximum absolute atomic E-state index is 3.93. The molecule has 0 aliphatic carbocycles. The summed E-state index contributed by atoms with van der Waals surface area (Å²) in [6, 6.07) is 0.512. The van der Waals surface area contributed by atoms with Gasteiger partial charge < -0.3 is 4.90 Å². The van der Waals surface area contributed by atoms with Crippen molar-refractivity contribution in [2.45, 2.75) is 25.8 Å². The van der Waals surface area contributed by atoms with Gasteiger partial charge in [0.1, 0.15) is 6.33 Å². The van der Waals surface area contributed by atoms with Gasteiger partial charge in [0.2, 0.25) is 0 Å². The number of likely N-dealkylation sites (tertiary alicyclic amines) is 1. The summed E-state index contributed by atoms with van der Waals surface area (Å²) in [5, 5.41) is 11.2. The van der Waals surface area contributed by atoms with E-state index in [1.54, 1.807) is 6.33 Å². The molecular weight excluding hydrogens is 166 g/mol. The number of hydrogen-bond acceptors (Lipinski definition) is 4. The molecule has 2 heterocycles. The van der Waals surface area contributed by atoms with Crippen molar-refractivity contribution in [3.8, 4) is 0 Å². The van der Waals surface area contributed by atoms with E-state index in [1.807, 2.05) is 4.68 Å². The lowest BCUT2D eigenvalue weighted by molar-refractivity contribution is 0.186. The summed E-state index contributed by atoms with van der Waals surface area (Å²) in [6.07, 6.45) is 4.05. The number of piperidine rings is 1. The van der Waals surface area contributed by atoms with E-state index in [4.69, 9.17) is 0 Å². The summed E-state index contributed by atoms with van der Waals surface area (Å²) in [5.41, 5.74) is 0. The summed E-state index contributed by atoms with van der Waals surface area (Å²) in [7, 11) is 0. The van der Waals surface area contributed by atoms with Gasteiger partial charge in [-0.05, 0) is 29.8 Å². The van der Waals surface area contributed by atoms with Crippen molar-refractivity contribution in [2.24, 2.45) is 0 Å². The van der Waals surface area contributed by atoms with Crippen molar-refractivity contribution < 1.29 is 0 Å². The molecule has 1 aliphatic rings. The lowest BCUT2D eigenvalue weighted by atomic mass is 10.1. The molecule has 0 saturated carbocycles. The van der Waals surface area contributed by atoms with Crippen molar-refractivity contribution in [1.82, 2.24) is 25.1 Å². The molecule has 0 unspecified atom stereocenters. The van der Waals surface area contributed by atoms with Crippen molar-refractivity contribution in [1.29, 1.82) is 0 Å². The van der Waals surface area contributed by atoms with E-state index in [0.29, 0.717) is 6.04 Å². The highest BCUT2D eigenvalue weighted by Gasteiger charge is 2.19. The molecule has 5 heteroatoms. The molecule has 0 N–H and O–H groups in total. The monoisotopic (exact) mass is 181 g/mol. The molecule has 1 saturated heterocycles. The second kappa shape index (κ2) is 3.83. The minimum Gasteiger partial charge on any atom is -0.303 e. The second-order valence-corrected chi connectivity index (χ2v) is 3.46. The predicted octanol–water partition coefficient (Wildman–Crippen LogP) is 0.330. The van der Waals surface area contributed by atoms with Gasteiger partial charge in [-0.1, -0.05) is 6.92 Å². The normalized spacial score (nSPS) is 20.7. The Morgan fingerprint density at radius 2 is 2.15 bits per heavy atom. The van der Waals surface area contributed by atoms with Crippen molar-refractivity contribution >= 4 is 0 Å². The van der Waals surface area contributed by atoms with E-state index in [-0.39, 0.29) is 0 Å². The lowest BCUT2D eigenvalue weighted by Gasteiger charge is -2.30. The average molecular weight is 181 g/mol. The van der Waals surface area contributed by atoms with E-state index in [9.17, 15) is 0 Å². The molecule has 0 bridgehead atoms. The smallest absolute Gasteiger partial charge is 0.138 e. The fourth-order valence-corrected chi connectivity index (χ4v) is 1.84. The van der Waals surface area contributed by atoms with Crippen LogP contribution in [0.2, 0.25) is 0 Å². The fourth-order valence-electron chi connectivity index (χ4n) is 1.84. The van der Waals surface area contributed by atoms with Gasteiger partial charge in [0.15, 0.2) is 0 Å². The maximum atomic E-state index is 3.93. The van der Waals surface area contributed by atoms with Crippen LogP contribution >= 0.6 is 0 Å². The first-order valence-electron chi connectivity index (χ1n) is 4.85.